The first-order valence-electron chi connectivity index (χ1n) is 10.7. The number of anilines is 2. The van der Waals surface area contributed by atoms with Crippen LogP contribution in [0.15, 0.2) is 42.5 Å². The van der Waals surface area contributed by atoms with E-state index in [1.54, 1.807) is 12.1 Å². The average molecular weight is 473 g/mol. The number of halogens is 1. The third kappa shape index (κ3) is 6.43. The predicted octanol–water partition coefficient (Wildman–Crippen LogP) is 4.47. The van der Waals surface area contributed by atoms with Crippen molar-refractivity contribution in [3.63, 3.8) is 0 Å². The lowest BCUT2D eigenvalue weighted by atomic mass is 10.1. The Balaban J connectivity index is 1.51. The zero-order valence-corrected chi connectivity index (χ0v) is 20.2. The lowest BCUT2D eigenvalue weighted by molar-refractivity contribution is -0.132. The zero-order valence-electron chi connectivity index (χ0n) is 18.7. The van der Waals surface area contributed by atoms with E-state index in [-0.39, 0.29) is 16.9 Å². The SMILES string of the molecule is Cc1ccc(C(=O)NC(=S)Nc2ccc(N3CCN(C(=O)CC(C)C)CC3)cc2)c(Cl)c1. The molecule has 0 spiro atoms. The van der Waals surface area contributed by atoms with E-state index in [1.807, 2.05) is 42.2 Å². The molecule has 0 radical (unpaired) electrons. The molecule has 0 saturated carbocycles. The maximum absolute atomic E-state index is 12.4. The highest BCUT2D eigenvalue weighted by Crippen LogP contribution is 2.21. The van der Waals surface area contributed by atoms with Crippen molar-refractivity contribution in [1.82, 2.24) is 10.2 Å². The Bertz CT molecular complexity index is 986. The number of carbonyl (C=O) groups excluding carboxylic acids is 2. The standard InChI is InChI=1S/C24H29ClN4O2S/c1-16(2)14-22(30)29-12-10-28(11-13-29)19-7-5-18(6-8-19)26-24(32)27-23(31)20-9-4-17(3)15-21(20)25/h4-9,15-16H,10-14H2,1-3H3,(H2,26,27,31,32). The first-order valence-corrected chi connectivity index (χ1v) is 11.5. The second-order valence-electron chi connectivity index (χ2n) is 8.40. The Morgan fingerprint density at radius 3 is 2.31 bits per heavy atom. The second kappa shape index (κ2) is 10.8. The van der Waals surface area contributed by atoms with Gasteiger partial charge in [0.25, 0.3) is 5.91 Å². The van der Waals surface area contributed by atoms with Gasteiger partial charge in [0.2, 0.25) is 5.91 Å². The molecule has 1 fully saturated rings. The van der Waals surface area contributed by atoms with Gasteiger partial charge < -0.3 is 15.1 Å². The summed E-state index contributed by atoms with van der Waals surface area (Å²) in [4.78, 5) is 28.9. The van der Waals surface area contributed by atoms with Gasteiger partial charge in [0.15, 0.2) is 5.11 Å². The summed E-state index contributed by atoms with van der Waals surface area (Å²) in [5.74, 6) is 0.265. The van der Waals surface area contributed by atoms with E-state index in [2.05, 4.69) is 29.4 Å². The minimum atomic E-state index is -0.353. The summed E-state index contributed by atoms with van der Waals surface area (Å²) >= 11 is 11.4. The molecule has 2 N–H and O–H groups in total. The Hall–Kier alpha value is -2.64. The van der Waals surface area contributed by atoms with Gasteiger partial charge in [0, 0.05) is 44.0 Å². The van der Waals surface area contributed by atoms with Crippen LogP contribution in [0, 0.1) is 12.8 Å². The first-order chi connectivity index (χ1) is 15.2. The van der Waals surface area contributed by atoms with Gasteiger partial charge in [-0.25, -0.2) is 0 Å². The normalized spacial score (nSPS) is 13.8. The molecule has 2 aromatic rings. The zero-order chi connectivity index (χ0) is 23.3. The Morgan fingerprint density at radius 1 is 1.06 bits per heavy atom. The minimum absolute atomic E-state index is 0.205. The molecule has 0 aromatic heterocycles. The number of piperazine rings is 1. The molecule has 0 bridgehead atoms. The summed E-state index contributed by atoms with van der Waals surface area (Å²) in [7, 11) is 0. The molecule has 3 rings (SSSR count). The van der Waals surface area contributed by atoms with Gasteiger partial charge >= 0.3 is 0 Å². The van der Waals surface area contributed by atoms with Crippen LogP contribution in [0.4, 0.5) is 11.4 Å². The molecule has 1 heterocycles. The Kier molecular flexibility index (Phi) is 8.10. The van der Waals surface area contributed by atoms with Crippen molar-refractivity contribution in [2.24, 2.45) is 5.92 Å². The Morgan fingerprint density at radius 2 is 1.72 bits per heavy atom. The summed E-state index contributed by atoms with van der Waals surface area (Å²) in [6.45, 7) is 9.14. The smallest absolute Gasteiger partial charge is 0.258 e. The van der Waals surface area contributed by atoms with Crippen LogP contribution in [0.3, 0.4) is 0 Å². The topological polar surface area (TPSA) is 64.7 Å². The van der Waals surface area contributed by atoms with Gasteiger partial charge in [-0.3, -0.25) is 14.9 Å². The molecular formula is C24H29ClN4O2S. The van der Waals surface area contributed by atoms with Crippen LogP contribution >= 0.6 is 23.8 Å². The molecule has 32 heavy (non-hydrogen) atoms. The van der Waals surface area contributed by atoms with Crippen molar-refractivity contribution in [3.8, 4) is 0 Å². The third-order valence-corrected chi connectivity index (χ3v) is 5.82. The van der Waals surface area contributed by atoms with Crippen LogP contribution in [0.25, 0.3) is 0 Å². The van der Waals surface area contributed by atoms with Crippen molar-refractivity contribution >= 4 is 52.1 Å². The van der Waals surface area contributed by atoms with E-state index in [1.165, 1.54) is 0 Å². The van der Waals surface area contributed by atoms with Crippen molar-refractivity contribution < 1.29 is 9.59 Å². The number of hydrogen-bond donors (Lipinski definition) is 2. The van der Waals surface area contributed by atoms with E-state index in [0.717, 1.165) is 43.1 Å². The molecule has 0 atom stereocenters. The molecular weight excluding hydrogens is 444 g/mol. The van der Waals surface area contributed by atoms with Crippen LogP contribution in [-0.2, 0) is 4.79 Å². The number of rotatable bonds is 5. The number of nitrogens with zero attached hydrogens (tertiary/aromatic N) is 2. The highest BCUT2D eigenvalue weighted by molar-refractivity contribution is 7.80. The van der Waals surface area contributed by atoms with Crippen LogP contribution in [-0.4, -0.2) is 48.0 Å². The number of hydrogen-bond acceptors (Lipinski definition) is 4. The maximum Gasteiger partial charge on any atom is 0.258 e. The van der Waals surface area contributed by atoms with Gasteiger partial charge in [0.05, 0.1) is 10.6 Å². The number of thiocarbonyl (C=S) groups is 1. The monoisotopic (exact) mass is 472 g/mol. The number of benzene rings is 2. The quantitative estimate of drug-likeness (QED) is 0.628. The van der Waals surface area contributed by atoms with E-state index in [0.29, 0.717) is 22.9 Å². The molecule has 0 aliphatic carbocycles. The van der Waals surface area contributed by atoms with E-state index < -0.39 is 0 Å². The fraction of sp³-hybridized carbons (Fsp3) is 0.375. The summed E-state index contributed by atoms with van der Waals surface area (Å²) in [5.41, 5.74) is 3.23. The summed E-state index contributed by atoms with van der Waals surface area (Å²) in [6.07, 6.45) is 0.604. The van der Waals surface area contributed by atoms with Crippen molar-refractivity contribution in [2.75, 3.05) is 36.4 Å². The van der Waals surface area contributed by atoms with E-state index >= 15 is 0 Å². The van der Waals surface area contributed by atoms with Gasteiger partial charge in [0.1, 0.15) is 0 Å². The van der Waals surface area contributed by atoms with Crippen LogP contribution < -0.4 is 15.5 Å². The average Bonchev–Trinajstić information content (AvgIpc) is 2.73. The molecule has 0 unspecified atom stereocenters. The molecule has 2 aromatic carbocycles. The van der Waals surface area contributed by atoms with Crippen molar-refractivity contribution in [2.45, 2.75) is 27.2 Å². The minimum Gasteiger partial charge on any atom is -0.368 e. The lowest BCUT2D eigenvalue weighted by Crippen LogP contribution is -2.49. The third-order valence-electron chi connectivity index (χ3n) is 5.30. The second-order valence-corrected chi connectivity index (χ2v) is 9.22. The molecule has 1 aliphatic heterocycles. The van der Waals surface area contributed by atoms with E-state index in [4.69, 9.17) is 23.8 Å². The van der Waals surface area contributed by atoms with Gasteiger partial charge in [-0.1, -0.05) is 31.5 Å². The summed E-state index contributed by atoms with van der Waals surface area (Å²) in [6, 6.07) is 13.1. The lowest BCUT2D eigenvalue weighted by Gasteiger charge is -2.36. The van der Waals surface area contributed by atoms with Crippen molar-refractivity contribution in [3.05, 3.63) is 58.6 Å². The van der Waals surface area contributed by atoms with Gasteiger partial charge in [-0.05, 0) is 67.0 Å². The predicted molar refractivity (Wildman–Crippen MR) is 135 cm³/mol. The van der Waals surface area contributed by atoms with Crippen LogP contribution in [0.1, 0.15) is 36.2 Å². The van der Waals surface area contributed by atoms with E-state index in [9.17, 15) is 9.59 Å². The molecule has 2 amide bonds. The van der Waals surface area contributed by atoms with Gasteiger partial charge in [-0.15, -0.1) is 0 Å². The number of aryl methyl sites for hydroxylation is 1. The highest BCUT2D eigenvalue weighted by Gasteiger charge is 2.21. The fourth-order valence-electron chi connectivity index (χ4n) is 3.59. The number of amides is 2. The van der Waals surface area contributed by atoms with Crippen LogP contribution in [0.5, 0.6) is 0 Å². The molecule has 8 heteroatoms. The number of nitrogens with one attached hydrogen (secondary N) is 2. The van der Waals surface area contributed by atoms with Crippen LogP contribution in [0.2, 0.25) is 5.02 Å². The maximum atomic E-state index is 12.4. The van der Waals surface area contributed by atoms with Crippen molar-refractivity contribution in [1.29, 1.82) is 0 Å². The summed E-state index contributed by atoms with van der Waals surface area (Å²) < 4.78 is 0. The molecule has 6 nitrogen and oxygen atoms in total. The molecule has 1 aliphatic rings. The largest absolute Gasteiger partial charge is 0.368 e. The first kappa shape index (κ1) is 24.0. The highest BCUT2D eigenvalue weighted by atomic mass is 35.5. The Labute approximate surface area is 199 Å². The number of carbonyl (C=O) groups is 2. The molecule has 1 saturated heterocycles. The fourth-order valence-corrected chi connectivity index (χ4v) is 4.12. The molecule has 170 valence electrons. The summed E-state index contributed by atoms with van der Waals surface area (Å²) in [5, 5.41) is 6.28. The van der Waals surface area contributed by atoms with Gasteiger partial charge in [-0.2, -0.15) is 0 Å².